The molecular weight excluding hydrogens is 518 g/mol. The maximum absolute atomic E-state index is 14.1. The number of nitrogens with one attached hydrogen (secondary N) is 1. The van der Waals surface area contributed by atoms with Crippen LogP contribution in [0.1, 0.15) is 37.1 Å². The van der Waals surface area contributed by atoms with Crippen molar-refractivity contribution in [3.8, 4) is 23.0 Å². The number of carbonyl (C=O) groups is 2. The molecule has 208 valence electrons. The average molecular weight is 552 g/mol. The van der Waals surface area contributed by atoms with Gasteiger partial charge >= 0.3 is 11.9 Å². The third kappa shape index (κ3) is 5.51. The van der Waals surface area contributed by atoms with E-state index in [2.05, 4.69) is 5.32 Å². The van der Waals surface area contributed by atoms with E-state index >= 15 is 0 Å². The Morgan fingerprint density at radius 3 is 1.37 bits per heavy atom. The maximum atomic E-state index is 14.1. The summed E-state index contributed by atoms with van der Waals surface area (Å²) in [7, 11) is 1.30. The molecule has 2 aromatic carbocycles. The Balaban J connectivity index is 2.26. The van der Waals surface area contributed by atoms with Crippen LogP contribution in [0.15, 0.2) is 36.4 Å². The van der Waals surface area contributed by atoms with Crippen molar-refractivity contribution >= 4 is 21.8 Å². The summed E-state index contributed by atoms with van der Waals surface area (Å²) in [5, 5.41) is -0.264. The van der Waals surface area contributed by atoms with Crippen LogP contribution in [0.2, 0.25) is 0 Å². The number of esters is 2. The zero-order valence-corrected chi connectivity index (χ0v) is 23.0. The molecule has 1 N–H and O–H groups in total. The second kappa shape index (κ2) is 12.4. The summed E-state index contributed by atoms with van der Waals surface area (Å²) >= 11 is 0. The van der Waals surface area contributed by atoms with E-state index in [-0.39, 0.29) is 13.2 Å². The van der Waals surface area contributed by atoms with Gasteiger partial charge in [-0.1, -0.05) is 12.1 Å². The molecule has 3 rings (SSSR count). The Hall–Kier alpha value is -3.51. The highest BCUT2D eigenvalue weighted by Crippen LogP contribution is 2.42. The van der Waals surface area contributed by atoms with Gasteiger partial charge in [0.25, 0.3) is 0 Å². The first kappa shape index (κ1) is 29.1. The average Bonchev–Trinajstić information content (AvgIpc) is 2.91. The van der Waals surface area contributed by atoms with Gasteiger partial charge in [0.1, 0.15) is 0 Å². The molecule has 1 aliphatic heterocycles. The largest absolute Gasteiger partial charge is 0.493 e. The van der Waals surface area contributed by atoms with Crippen molar-refractivity contribution in [2.75, 3.05) is 41.7 Å². The summed E-state index contributed by atoms with van der Waals surface area (Å²) in [6.45, 7) is 3.04. The summed E-state index contributed by atoms with van der Waals surface area (Å²) in [5.74, 6) is -0.462. The lowest BCUT2D eigenvalue weighted by molar-refractivity contribution is -0.144. The van der Waals surface area contributed by atoms with E-state index in [0.717, 1.165) is 0 Å². The van der Waals surface area contributed by atoms with Gasteiger partial charge in [-0.25, -0.2) is 8.42 Å². The smallest absolute Gasteiger partial charge is 0.326 e. The standard InChI is InChI=1S/C26H33NO10S/c1-7-36-25(28)23-21(15-9-11-17(32-3)19(13-15)34-5)27-22(24(38(23,30)31)26(29)37-8-2)16-10-12-18(33-4)20(14-16)35-6/h9-14,21-24,27H,7-8H2,1-6H3. The molecule has 1 saturated heterocycles. The van der Waals surface area contributed by atoms with Crippen molar-refractivity contribution in [1.82, 2.24) is 5.32 Å². The van der Waals surface area contributed by atoms with Gasteiger partial charge in [-0.2, -0.15) is 0 Å². The minimum absolute atomic E-state index is 0.0489. The Bertz CT molecular complexity index is 1170. The second-order valence-electron chi connectivity index (χ2n) is 8.29. The first-order valence-electron chi connectivity index (χ1n) is 11.9. The number of ether oxygens (including phenoxy) is 6. The topological polar surface area (TPSA) is 136 Å². The number of methoxy groups -OCH3 is 4. The van der Waals surface area contributed by atoms with Crippen molar-refractivity contribution in [3.05, 3.63) is 47.5 Å². The summed E-state index contributed by atoms with van der Waals surface area (Å²) in [4.78, 5) is 26.3. The van der Waals surface area contributed by atoms with Gasteiger partial charge in [0.15, 0.2) is 43.3 Å². The Morgan fingerprint density at radius 1 is 0.684 bits per heavy atom. The van der Waals surface area contributed by atoms with Crippen LogP contribution in [-0.4, -0.2) is 72.5 Å². The first-order valence-corrected chi connectivity index (χ1v) is 13.5. The predicted octanol–water partition coefficient (Wildman–Crippen LogP) is 2.38. The number of benzene rings is 2. The molecule has 12 heteroatoms. The fourth-order valence-electron chi connectivity index (χ4n) is 4.53. The second-order valence-corrected chi connectivity index (χ2v) is 10.5. The SMILES string of the molecule is CCOC(=O)C1C(c2ccc(OC)c(OC)c2)NC(c2ccc(OC)c(OC)c2)C(C(=O)OCC)S1(=O)=O. The van der Waals surface area contributed by atoms with Crippen LogP contribution < -0.4 is 24.3 Å². The molecule has 0 spiro atoms. The van der Waals surface area contributed by atoms with Crippen LogP contribution in [0.25, 0.3) is 0 Å². The monoisotopic (exact) mass is 551 g/mol. The lowest BCUT2D eigenvalue weighted by Crippen LogP contribution is -2.59. The van der Waals surface area contributed by atoms with Crippen molar-refractivity contribution in [1.29, 1.82) is 0 Å². The van der Waals surface area contributed by atoms with E-state index in [9.17, 15) is 18.0 Å². The van der Waals surface area contributed by atoms with Crippen LogP contribution in [0.4, 0.5) is 0 Å². The van der Waals surface area contributed by atoms with Crippen LogP contribution in [-0.2, 0) is 28.9 Å². The number of rotatable bonds is 10. The number of hydrogen-bond donors (Lipinski definition) is 1. The molecule has 0 radical (unpaired) electrons. The highest BCUT2D eigenvalue weighted by atomic mass is 32.2. The van der Waals surface area contributed by atoms with Gasteiger partial charge in [0.2, 0.25) is 0 Å². The zero-order valence-electron chi connectivity index (χ0n) is 22.2. The van der Waals surface area contributed by atoms with Crippen LogP contribution in [0.3, 0.4) is 0 Å². The van der Waals surface area contributed by atoms with Gasteiger partial charge in [0.05, 0.1) is 53.7 Å². The molecular formula is C26H33NO10S. The highest BCUT2D eigenvalue weighted by molar-refractivity contribution is 7.94. The van der Waals surface area contributed by atoms with E-state index in [4.69, 9.17) is 28.4 Å². The Labute approximate surface area is 222 Å². The first-order chi connectivity index (χ1) is 18.2. The minimum Gasteiger partial charge on any atom is -0.493 e. The van der Waals surface area contributed by atoms with Crippen LogP contribution >= 0.6 is 0 Å². The van der Waals surface area contributed by atoms with E-state index in [1.165, 1.54) is 28.4 Å². The predicted molar refractivity (Wildman–Crippen MR) is 137 cm³/mol. The van der Waals surface area contributed by atoms with Crippen molar-refractivity contribution < 1.29 is 46.4 Å². The molecule has 0 bridgehead atoms. The number of sulfone groups is 1. The fraction of sp³-hybridized carbons (Fsp3) is 0.462. The molecule has 11 nitrogen and oxygen atoms in total. The molecule has 2 aromatic rings. The van der Waals surface area contributed by atoms with Gasteiger partial charge in [-0.15, -0.1) is 0 Å². The molecule has 4 atom stereocenters. The molecule has 38 heavy (non-hydrogen) atoms. The molecule has 0 amide bonds. The van der Waals surface area contributed by atoms with Crippen molar-refractivity contribution in [3.63, 3.8) is 0 Å². The molecule has 1 heterocycles. The molecule has 0 aromatic heterocycles. The number of hydrogen-bond acceptors (Lipinski definition) is 11. The number of carbonyl (C=O) groups excluding carboxylic acids is 2. The quantitative estimate of drug-likeness (QED) is 0.436. The molecule has 1 fully saturated rings. The summed E-state index contributed by atoms with van der Waals surface area (Å²) < 4.78 is 60.0. The lowest BCUT2D eigenvalue weighted by Gasteiger charge is -2.40. The van der Waals surface area contributed by atoms with Crippen molar-refractivity contribution in [2.24, 2.45) is 0 Å². The zero-order chi connectivity index (χ0) is 28.0. The fourth-order valence-corrected chi connectivity index (χ4v) is 6.75. The van der Waals surface area contributed by atoms with Crippen LogP contribution in [0.5, 0.6) is 23.0 Å². The molecule has 1 aliphatic rings. The minimum atomic E-state index is -4.53. The van der Waals surface area contributed by atoms with Crippen molar-refractivity contribution in [2.45, 2.75) is 36.4 Å². The third-order valence-corrected chi connectivity index (χ3v) is 8.59. The van der Waals surface area contributed by atoms with E-state index in [0.29, 0.717) is 34.1 Å². The van der Waals surface area contributed by atoms with Gasteiger partial charge in [0, 0.05) is 0 Å². The van der Waals surface area contributed by atoms with Crippen LogP contribution in [0, 0.1) is 0 Å². The molecule has 0 saturated carbocycles. The van der Waals surface area contributed by atoms with Gasteiger partial charge in [-0.05, 0) is 49.2 Å². The Morgan fingerprint density at radius 2 is 1.05 bits per heavy atom. The van der Waals surface area contributed by atoms with E-state index in [1.807, 2.05) is 0 Å². The third-order valence-electron chi connectivity index (χ3n) is 6.24. The van der Waals surface area contributed by atoms with E-state index < -0.39 is 44.4 Å². The maximum Gasteiger partial charge on any atom is 0.326 e. The molecule has 4 unspecified atom stereocenters. The summed E-state index contributed by atoms with van der Waals surface area (Å²) in [6.07, 6.45) is 0. The van der Waals surface area contributed by atoms with Gasteiger partial charge < -0.3 is 28.4 Å². The Kier molecular flexibility index (Phi) is 9.45. The van der Waals surface area contributed by atoms with E-state index in [1.54, 1.807) is 50.2 Å². The molecule has 0 aliphatic carbocycles. The lowest BCUT2D eigenvalue weighted by atomic mass is 9.96. The van der Waals surface area contributed by atoms with Gasteiger partial charge in [-0.3, -0.25) is 14.9 Å². The summed E-state index contributed by atoms with van der Waals surface area (Å²) in [6, 6.07) is 7.39. The highest BCUT2D eigenvalue weighted by Gasteiger charge is 2.57. The summed E-state index contributed by atoms with van der Waals surface area (Å²) in [5.41, 5.74) is 0.828. The normalized spacial score (nSPS) is 22.2.